The molecule has 10 heteroatoms. The highest BCUT2D eigenvalue weighted by molar-refractivity contribution is 5.96. The van der Waals surface area contributed by atoms with Gasteiger partial charge in [-0.05, 0) is 62.3 Å². The second-order valence-corrected chi connectivity index (χ2v) is 10.8. The molecule has 2 aromatic carbocycles. The van der Waals surface area contributed by atoms with Gasteiger partial charge in [-0.2, -0.15) is 0 Å². The molecular weight excluding hydrogens is 526 g/mol. The summed E-state index contributed by atoms with van der Waals surface area (Å²) in [5, 5.41) is 18.1. The SMILES string of the molecule is COc1ccc(C[C@H](NC(=O)[C@@H](C)NC(=O)[C@H]2CC[C@H](O)CC2)C(=O)N[C@@H](Cc2ccccc2)C(=O)[C@H]2CO2)cc1. The van der Waals surface area contributed by atoms with Crippen LogP contribution in [-0.2, 0) is 36.8 Å². The Kier molecular flexibility index (Phi) is 10.5. The lowest BCUT2D eigenvalue weighted by atomic mass is 9.87. The summed E-state index contributed by atoms with van der Waals surface area (Å²) in [6.07, 6.45) is 1.74. The third-order valence-corrected chi connectivity index (χ3v) is 7.64. The first kappa shape index (κ1) is 30.2. The molecule has 1 heterocycles. The summed E-state index contributed by atoms with van der Waals surface area (Å²) in [5.74, 6) is -1.09. The summed E-state index contributed by atoms with van der Waals surface area (Å²) in [7, 11) is 1.56. The molecule has 3 amide bonds. The number of ether oxygens (including phenoxy) is 2. The van der Waals surface area contributed by atoms with Crippen LogP contribution in [0.3, 0.4) is 0 Å². The van der Waals surface area contributed by atoms with E-state index in [1.54, 1.807) is 38.3 Å². The first-order chi connectivity index (χ1) is 19.7. The van der Waals surface area contributed by atoms with Gasteiger partial charge in [0.2, 0.25) is 17.7 Å². The Bertz CT molecular complexity index is 1190. The molecule has 4 N–H and O–H groups in total. The Hall–Kier alpha value is -3.76. The highest BCUT2D eigenvalue weighted by Gasteiger charge is 2.38. The maximum atomic E-state index is 13.6. The van der Waals surface area contributed by atoms with Gasteiger partial charge in [-0.25, -0.2) is 0 Å². The van der Waals surface area contributed by atoms with Gasteiger partial charge in [0.1, 0.15) is 23.9 Å². The number of epoxide rings is 1. The summed E-state index contributed by atoms with van der Waals surface area (Å²) >= 11 is 0. The number of ketones is 1. The van der Waals surface area contributed by atoms with E-state index in [0.29, 0.717) is 38.0 Å². The number of amides is 3. The van der Waals surface area contributed by atoms with Crippen molar-refractivity contribution in [2.75, 3.05) is 13.7 Å². The van der Waals surface area contributed by atoms with Crippen LogP contribution in [0, 0.1) is 5.92 Å². The standard InChI is InChI=1S/C31H39N3O7/c1-19(32-30(38)22-10-12-23(35)13-11-22)29(37)34-26(17-21-8-14-24(40-2)15-9-21)31(39)33-25(28(36)27-18-41-27)16-20-6-4-3-5-7-20/h3-9,14-15,19,22-23,25-27,35H,10-13,16-18H2,1-2H3,(H,32,38)(H,33,39)(H,34,37)/t19-,22-,23-,25+,26+,27-/m1/s1. The molecule has 2 aromatic rings. The highest BCUT2D eigenvalue weighted by atomic mass is 16.6. The molecular formula is C31H39N3O7. The van der Waals surface area contributed by atoms with Crippen molar-refractivity contribution in [3.8, 4) is 5.75 Å². The number of carbonyl (C=O) groups is 4. The van der Waals surface area contributed by atoms with E-state index in [0.717, 1.165) is 11.1 Å². The highest BCUT2D eigenvalue weighted by Crippen LogP contribution is 2.24. The summed E-state index contributed by atoms with van der Waals surface area (Å²) in [6, 6.07) is 13.8. The van der Waals surface area contributed by atoms with Crippen LogP contribution in [0.2, 0.25) is 0 Å². The van der Waals surface area contributed by atoms with Crippen LogP contribution in [0.15, 0.2) is 54.6 Å². The lowest BCUT2D eigenvalue weighted by molar-refractivity contribution is -0.134. The van der Waals surface area contributed by atoms with Crippen molar-refractivity contribution in [3.05, 3.63) is 65.7 Å². The van der Waals surface area contributed by atoms with E-state index in [-0.39, 0.29) is 36.6 Å². The van der Waals surface area contributed by atoms with E-state index in [1.165, 1.54) is 0 Å². The maximum absolute atomic E-state index is 13.6. The predicted molar refractivity (Wildman–Crippen MR) is 151 cm³/mol. The number of aliphatic hydroxyl groups excluding tert-OH is 1. The summed E-state index contributed by atoms with van der Waals surface area (Å²) < 4.78 is 10.4. The molecule has 41 heavy (non-hydrogen) atoms. The fourth-order valence-corrected chi connectivity index (χ4v) is 5.02. The van der Waals surface area contributed by atoms with Crippen molar-refractivity contribution < 1.29 is 33.8 Å². The van der Waals surface area contributed by atoms with Crippen LogP contribution >= 0.6 is 0 Å². The first-order valence-corrected chi connectivity index (χ1v) is 14.1. The summed E-state index contributed by atoms with van der Waals surface area (Å²) in [5.41, 5.74) is 1.66. The van der Waals surface area contributed by atoms with Crippen LogP contribution in [0.5, 0.6) is 5.75 Å². The van der Waals surface area contributed by atoms with Gasteiger partial charge in [0.05, 0.1) is 25.9 Å². The van der Waals surface area contributed by atoms with Gasteiger partial charge in [0.25, 0.3) is 0 Å². The second kappa shape index (κ2) is 14.2. The number of methoxy groups -OCH3 is 1. The minimum atomic E-state index is -1.01. The van der Waals surface area contributed by atoms with Crippen molar-refractivity contribution >= 4 is 23.5 Å². The first-order valence-electron chi connectivity index (χ1n) is 14.1. The zero-order valence-electron chi connectivity index (χ0n) is 23.5. The molecule has 1 aliphatic carbocycles. The zero-order chi connectivity index (χ0) is 29.4. The lowest BCUT2D eigenvalue weighted by Gasteiger charge is -2.27. The number of benzene rings is 2. The smallest absolute Gasteiger partial charge is 0.243 e. The Balaban J connectivity index is 1.46. The normalized spacial score (nSPS) is 22.0. The Morgan fingerprint density at radius 2 is 1.44 bits per heavy atom. The van der Waals surface area contributed by atoms with Crippen molar-refractivity contribution in [2.45, 2.75) is 75.8 Å². The molecule has 0 bridgehead atoms. The zero-order valence-corrected chi connectivity index (χ0v) is 23.5. The molecule has 0 aromatic heterocycles. The van der Waals surface area contributed by atoms with E-state index < -0.39 is 36.0 Å². The van der Waals surface area contributed by atoms with Crippen molar-refractivity contribution in [1.82, 2.24) is 16.0 Å². The molecule has 0 unspecified atom stereocenters. The molecule has 4 rings (SSSR count). The van der Waals surface area contributed by atoms with E-state index in [2.05, 4.69) is 16.0 Å². The van der Waals surface area contributed by atoms with Crippen molar-refractivity contribution in [2.24, 2.45) is 5.92 Å². The predicted octanol–water partition coefficient (Wildman–Crippen LogP) is 1.47. The van der Waals surface area contributed by atoms with Crippen LogP contribution < -0.4 is 20.7 Å². The minimum Gasteiger partial charge on any atom is -0.497 e. The monoisotopic (exact) mass is 565 g/mol. The number of nitrogens with one attached hydrogen (secondary N) is 3. The van der Waals surface area contributed by atoms with Crippen molar-refractivity contribution in [3.63, 3.8) is 0 Å². The third kappa shape index (κ3) is 8.86. The van der Waals surface area contributed by atoms with E-state index in [4.69, 9.17) is 9.47 Å². The number of carbonyl (C=O) groups excluding carboxylic acids is 4. The molecule has 2 aliphatic rings. The number of hydrogen-bond acceptors (Lipinski definition) is 7. The minimum absolute atomic E-state index is 0.162. The molecule has 1 aliphatic heterocycles. The average molecular weight is 566 g/mol. The largest absolute Gasteiger partial charge is 0.497 e. The molecule has 2 fully saturated rings. The number of hydrogen-bond donors (Lipinski definition) is 4. The van der Waals surface area contributed by atoms with Gasteiger partial charge < -0.3 is 30.5 Å². The fraction of sp³-hybridized carbons (Fsp3) is 0.484. The Morgan fingerprint density at radius 1 is 0.854 bits per heavy atom. The molecule has 0 spiro atoms. The average Bonchev–Trinajstić information content (AvgIpc) is 3.83. The fourth-order valence-electron chi connectivity index (χ4n) is 5.02. The van der Waals surface area contributed by atoms with E-state index in [9.17, 15) is 24.3 Å². The molecule has 4 atom stereocenters. The third-order valence-electron chi connectivity index (χ3n) is 7.64. The second-order valence-electron chi connectivity index (χ2n) is 10.8. The van der Waals surface area contributed by atoms with Crippen LogP contribution in [0.1, 0.15) is 43.7 Å². The number of rotatable bonds is 13. The quantitative estimate of drug-likeness (QED) is 0.269. The molecule has 220 valence electrons. The number of aliphatic hydroxyl groups is 1. The summed E-state index contributed by atoms with van der Waals surface area (Å²) in [6.45, 7) is 1.89. The van der Waals surface area contributed by atoms with Gasteiger partial charge in [0.15, 0.2) is 5.78 Å². The lowest BCUT2D eigenvalue weighted by Crippen LogP contribution is -2.56. The van der Waals surface area contributed by atoms with Crippen molar-refractivity contribution in [1.29, 1.82) is 0 Å². The van der Waals surface area contributed by atoms with Crippen LogP contribution in [0.25, 0.3) is 0 Å². The van der Waals surface area contributed by atoms with Crippen LogP contribution in [0.4, 0.5) is 0 Å². The van der Waals surface area contributed by atoms with Crippen LogP contribution in [-0.4, -0.2) is 72.7 Å². The molecule has 0 radical (unpaired) electrons. The van der Waals surface area contributed by atoms with Gasteiger partial charge in [0, 0.05) is 12.3 Å². The van der Waals surface area contributed by atoms with Gasteiger partial charge >= 0.3 is 0 Å². The van der Waals surface area contributed by atoms with E-state index in [1.807, 2.05) is 30.3 Å². The topological polar surface area (TPSA) is 146 Å². The Labute approximate surface area is 240 Å². The van der Waals surface area contributed by atoms with Gasteiger partial charge in [-0.1, -0.05) is 42.5 Å². The van der Waals surface area contributed by atoms with Gasteiger partial charge in [-0.3, -0.25) is 19.2 Å². The molecule has 10 nitrogen and oxygen atoms in total. The maximum Gasteiger partial charge on any atom is 0.243 e. The van der Waals surface area contributed by atoms with E-state index >= 15 is 0 Å². The Morgan fingerprint density at radius 3 is 2.05 bits per heavy atom. The van der Waals surface area contributed by atoms with Gasteiger partial charge in [-0.15, -0.1) is 0 Å². The summed E-state index contributed by atoms with van der Waals surface area (Å²) in [4.78, 5) is 52.6. The molecule has 1 saturated carbocycles. The molecule has 1 saturated heterocycles. The number of Topliss-reactive ketones (excluding diaryl/α,β-unsaturated/α-hetero) is 1.